The van der Waals surface area contributed by atoms with Crippen molar-refractivity contribution in [2.45, 2.75) is 25.4 Å². The Morgan fingerprint density at radius 2 is 2.50 bits per heavy atom. The maximum atomic E-state index is 10.9. The van der Waals surface area contributed by atoms with Crippen LogP contribution in [0.4, 0.5) is 0 Å². The highest BCUT2D eigenvalue weighted by molar-refractivity contribution is 5.74. The average molecular weight is 140 g/mol. The largest absolute Gasteiger partial charge is 0.337 e. The smallest absolute Gasteiger partial charge is 0.219 e. The molecule has 1 amide bonds. The van der Waals surface area contributed by atoms with Gasteiger partial charge in [-0.05, 0) is 6.42 Å². The fourth-order valence-electron chi connectivity index (χ4n) is 1.67. The molecule has 2 aliphatic rings. The second kappa shape index (κ2) is 1.95. The summed E-state index contributed by atoms with van der Waals surface area (Å²) in [5, 5.41) is 3.35. The average Bonchev–Trinajstić information content (AvgIpc) is 2.63. The summed E-state index contributed by atoms with van der Waals surface area (Å²) in [5.41, 5.74) is 0. The highest BCUT2D eigenvalue weighted by Gasteiger charge is 2.45. The number of hydrogen-bond acceptors (Lipinski definition) is 2. The van der Waals surface area contributed by atoms with Crippen molar-refractivity contribution >= 4 is 5.91 Å². The summed E-state index contributed by atoms with van der Waals surface area (Å²) in [6, 6.07) is 1.16. The van der Waals surface area contributed by atoms with E-state index in [9.17, 15) is 4.79 Å². The lowest BCUT2D eigenvalue weighted by Gasteiger charge is -2.25. The second-order valence-corrected chi connectivity index (χ2v) is 3.08. The zero-order chi connectivity index (χ0) is 7.14. The van der Waals surface area contributed by atoms with Gasteiger partial charge in [0.05, 0.1) is 0 Å². The van der Waals surface area contributed by atoms with Gasteiger partial charge in [-0.1, -0.05) is 0 Å². The minimum Gasteiger partial charge on any atom is -0.337 e. The zero-order valence-electron chi connectivity index (χ0n) is 6.13. The van der Waals surface area contributed by atoms with Crippen molar-refractivity contribution in [3.63, 3.8) is 0 Å². The SMILES string of the molecule is CC(=O)N1CCNC2CC21. The summed E-state index contributed by atoms with van der Waals surface area (Å²) in [7, 11) is 0. The number of hydrogen-bond donors (Lipinski definition) is 1. The Morgan fingerprint density at radius 3 is 3.10 bits per heavy atom. The normalized spacial score (nSPS) is 37.1. The predicted octanol–water partition coefficient (Wildman–Crippen LogP) is -0.421. The second-order valence-electron chi connectivity index (χ2n) is 3.08. The molecular formula is C7H12N2O. The van der Waals surface area contributed by atoms with Gasteiger partial charge < -0.3 is 10.2 Å². The molecule has 2 atom stereocenters. The van der Waals surface area contributed by atoms with E-state index in [-0.39, 0.29) is 5.91 Å². The molecule has 0 aromatic carbocycles. The van der Waals surface area contributed by atoms with Crippen LogP contribution in [0.2, 0.25) is 0 Å². The molecule has 1 heterocycles. The summed E-state index contributed by atoms with van der Waals surface area (Å²) >= 11 is 0. The van der Waals surface area contributed by atoms with Crippen molar-refractivity contribution in [3.05, 3.63) is 0 Å². The molecule has 3 nitrogen and oxygen atoms in total. The molecule has 0 spiro atoms. The molecule has 2 rings (SSSR count). The molecule has 1 N–H and O–H groups in total. The molecule has 1 saturated heterocycles. The van der Waals surface area contributed by atoms with E-state index >= 15 is 0 Å². The standard InChI is InChI=1S/C7H12N2O/c1-5(10)9-3-2-8-6-4-7(6)9/h6-8H,2-4H2,1H3. The molecule has 3 heteroatoms. The first-order valence-electron chi connectivity index (χ1n) is 3.79. The zero-order valence-corrected chi connectivity index (χ0v) is 6.13. The van der Waals surface area contributed by atoms with Gasteiger partial charge in [0.1, 0.15) is 0 Å². The number of fused-ring (bicyclic) bond motifs is 1. The van der Waals surface area contributed by atoms with Gasteiger partial charge in [0, 0.05) is 32.1 Å². The third kappa shape index (κ3) is 0.814. The van der Waals surface area contributed by atoms with Crippen LogP contribution < -0.4 is 5.32 Å². The van der Waals surface area contributed by atoms with Crippen LogP contribution in [0.15, 0.2) is 0 Å². The number of amides is 1. The van der Waals surface area contributed by atoms with Gasteiger partial charge in [-0.15, -0.1) is 0 Å². The van der Waals surface area contributed by atoms with Crippen molar-refractivity contribution in [2.24, 2.45) is 0 Å². The van der Waals surface area contributed by atoms with E-state index in [1.807, 2.05) is 4.90 Å². The van der Waals surface area contributed by atoms with Crippen molar-refractivity contribution in [1.29, 1.82) is 0 Å². The van der Waals surface area contributed by atoms with E-state index in [2.05, 4.69) is 5.32 Å². The first-order chi connectivity index (χ1) is 4.79. The lowest BCUT2D eigenvalue weighted by Crippen LogP contribution is -2.45. The maximum absolute atomic E-state index is 10.9. The Balaban J connectivity index is 2.02. The summed E-state index contributed by atoms with van der Waals surface area (Å²) in [5.74, 6) is 0.231. The van der Waals surface area contributed by atoms with Crippen LogP contribution in [-0.4, -0.2) is 36.0 Å². The summed E-state index contributed by atoms with van der Waals surface area (Å²) in [4.78, 5) is 12.9. The molecule has 56 valence electrons. The fraction of sp³-hybridized carbons (Fsp3) is 0.857. The topological polar surface area (TPSA) is 32.3 Å². The Bertz CT molecular complexity index is 169. The molecule has 2 fully saturated rings. The van der Waals surface area contributed by atoms with Crippen molar-refractivity contribution in [1.82, 2.24) is 10.2 Å². The van der Waals surface area contributed by atoms with Crippen LogP contribution in [0.25, 0.3) is 0 Å². The number of piperazine rings is 1. The lowest BCUT2D eigenvalue weighted by atomic mass is 10.3. The van der Waals surface area contributed by atoms with Gasteiger partial charge >= 0.3 is 0 Å². The third-order valence-corrected chi connectivity index (χ3v) is 2.32. The summed E-state index contributed by atoms with van der Waals surface area (Å²) in [6.07, 6.45) is 1.17. The monoisotopic (exact) mass is 140 g/mol. The Kier molecular flexibility index (Phi) is 1.20. The quantitative estimate of drug-likeness (QED) is 0.495. The Morgan fingerprint density at radius 1 is 1.70 bits per heavy atom. The van der Waals surface area contributed by atoms with E-state index < -0.39 is 0 Å². The summed E-state index contributed by atoms with van der Waals surface area (Å²) in [6.45, 7) is 3.53. The lowest BCUT2D eigenvalue weighted by molar-refractivity contribution is -0.129. The number of nitrogens with zero attached hydrogens (tertiary/aromatic N) is 1. The summed E-state index contributed by atoms with van der Waals surface area (Å²) < 4.78 is 0. The minimum absolute atomic E-state index is 0.231. The fourth-order valence-corrected chi connectivity index (χ4v) is 1.67. The van der Waals surface area contributed by atoms with Crippen LogP contribution in [0, 0.1) is 0 Å². The number of carbonyl (C=O) groups excluding carboxylic acids is 1. The first kappa shape index (κ1) is 6.16. The van der Waals surface area contributed by atoms with E-state index in [1.165, 1.54) is 6.42 Å². The predicted molar refractivity (Wildman–Crippen MR) is 37.6 cm³/mol. The third-order valence-electron chi connectivity index (χ3n) is 2.32. The van der Waals surface area contributed by atoms with E-state index in [1.54, 1.807) is 6.92 Å². The molecule has 1 aliphatic heterocycles. The van der Waals surface area contributed by atoms with Crippen LogP contribution in [0.5, 0.6) is 0 Å². The Labute approximate surface area is 60.4 Å². The van der Waals surface area contributed by atoms with E-state index in [0.717, 1.165) is 13.1 Å². The van der Waals surface area contributed by atoms with Crippen molar-refractivity contribution in [3.8, 4) is 0 Å². The van der Waals surface area contributed by atoms with Gasteiger partial charge in [0.25, 0.3) is 0 Å². The van der Waals surface area contributed by atoms with Gasteiger partial charge in [-0.3, -0.25) is 4.79 Å². The molecule has 0 aromatic rings. The molecule has 0 bridgehead atoms. The minimum atomic E-state index is 0.231. The number of nitrogens with one attached hydrogen (secondary N) is 1. The van der Waals surface area contributed by atoms with E-state index in [0.29, 0.717) is 12.1 Å². The molecule has 1 saturated carbocycles. The van der Waals surface area contributed by atoms with Crippen LogP contribution in [-0.2, 0) is 4.79 Å². The van der Waals surface area contributed by atoms with Gasteiger partial charge in [-0.2, -0.15) is 0 Å². The molecule has 1 aliphatic carbocycles. The van der Waals surface area contributed by atoms with Crippen molar-refractivity contribution in [2.75, 3.05) is 13.1 Å². The highest BCUT2D eigenvalue weighted by Crippen LogP contribution is 2.30. The van der Waals surface area contributed by atoms with Crippen LogP contribution >= 0.6 is 0 Å². The Hall–Kier alpha value is -0.570. The molecule has 10 heavy (non-hydrogen) atoms. The molecular weight excluding hydrogens is 128 g/mol. The van der Waals surface area contributed by atoms with Crippen LogP contribution in [0.3, 0.4) is 0 Å². The highest BCUT2D eigenvalue weighted by atomic mass is 16.2. The van der Waals surface area contributed by atoms with Gasteiger partial charge in [0.2, 0.25) is 5.91 Å². The maximum Gasteiger partial charge on any atom is 0.219 e. The first-order valence-corrected chi connectivity index (χ1v) is 3.79. The van der Waals surface area contributed by atoms with E-state index in [4.69, 9.17) is 0 Å². The molecule has 0 radical (unpaired) electrons. The number of carbonyl (C=O) groups is 1. The number of rotatable bonds is 0. The van der Waals surface area contributed by atoms with Crippen LogP contribution in [0.1, 0.15) is 13.3 Å². The molecule has 0 aromatic heterocycles. The van der Waals surface area contributed by atoms with Gasteiger partial charge in [0.15, 0.2) is 0 Å². The van der Waals surface area contributed by atoms with Gasteiger partial charge in [-0.25, -0.2) is 0 Å². The van der Waals surface area contributed by atoms with Crippen molar-refractivity contribution < 1.29 is 4.79 Å². The molecule has 2 unspecified atom stereocenters.